The lowest BCUT2D eigenvalue weighted by Crippen LogP contribution is -2.44. The average molecular weight is 296 g/mol. The molecule has 2 unspecified atom stereocenters. The third kappa shape index (κ3) is 3.72. The summed E-state index contributed by atoms with van der Waals surface area (Å²) in [5.74, 6) is -0.229. The lowest BCUT2D eigenvalue weighted by Gasteiger charge is -2.24. The Morgan fingerprint density at radius 1 is 1.45 bits per heavy atom. The first-order chi connectivity index (χ1) is 9.37. The number of hydrogen-bond acceptors (Lipinski definition) is 4. The Kier molecular flexibility index (Phi) is 4.32. The number of amides is 1. The van der Waals surface area contributed by atoms with Crippen molar-refractivity contribution in [1.82, 2.24) is 5.32 Å². The molecule has 0 bridgehead atoms. The summed E-state index contributed by atoms with van der Waals surface area (Å²) >= 11 is 0. The summed E-state index contributed by atoms with van der Waals surface area (Å²) in [6, 6.07) is 6.91. The van der Waals surface area contributed by atoms with Gasteiger partial charge in [-0.25, -0.2) is 8.42 Å². The largest absolute Gasteiger partial charge is 0.399 e. The Morgan fingerprint density at radius 3 is 2.85 bits per heavy atom. The maximum atomic E-state index is 12.2. The van der Waals surface area contributed by atoms with Crippen LogP contribution in [0.15, 0.2) is 24.3 Å². The molecule has 1 heterocycles. The van der Waals surface area contributed by atoms with Crippen LogP contribution in [0.4, 0.5) is 5.69 Å². The van der Waals surface area contributed by atoms with Crippen LogP contribution < -0.4 is 11.1 Å². The van der Waals surface area contributed by atoms with Crippen LogP contribution in [0, 0.1) is 0 Å². The smallest absolute Gasteiger partial charge is 0.227 e. The monoisotopic (exact) mass is 296 g/mol. The summed E-state index contributed by atoms with van der Waals surface area (Å²) in [5, 5.41) is 2.83. The highest BCUT2D eigenvalue weighted by Gasteiger charge is 2.27. The van der Waals surface area contributed by atoms with Gasteiger partial charge in [-0.1, -0.05) is 12.1 Å². The van der Waals surface area contributed by atoms with Crippen LogP contribution in [-0.4, -0.2) is 31.9 Å². The zero-order chi connectivity index (χ0) is 14.8. The third-order valence-corrected chi connectivity index (χ3v) is 5.43. The Bertz CT molecular complexity index is 598. The number of carbonyl (C=O) groups excluding carboxylic acids is 1. The van der Waals surface area contributed by atoms with E-state index in [1.54, 1.807) is 25.1 Å². The minimum Gasteiger partial charge on any atom is -0.399 e. The molecule has 6 heteroatoms. The van der Waals surface area contributed by atoms with E-state index in [0.717, 1.165) is 5.56 Å². The molecule has 0 spiro atoms. The molecule has 110 valence electrons. The second-order valence-corrected chi connectivity index (χ2v) is 7.58. The van der Waals surface area contributed by atoms with Crippen LogP contribution >= 0.6 is 0 Å². The second-order valence-electron chi connectivity index (χ2n) is 5.35. The van der Waals surface area contributed by atoms with Gasteiger partial charge in [0.1, 0.15) is 0 Å². The van der Waals surface area contributed by atoms with Crippen LogP contribution in [0.5, 0.6) is 0 Å². The highest BCUT2D eigenvalue weighted by molar-refractivity contribution is 7.91. The summed E-state index contributed by atoms with van der Waals surface area (Å²) in [7, 11) is -3.01. The molecule has 3 N–H and O–H groups in total. The van der Waals surface area contributed by atoms with Crippen LogP contribution in [0.2, 0.25) is 0 Å². The molecule has 1 saturated heterocycles. The molecule has 2 rings (SSSR count). The number of hydrogen-bond donors (Lipinski definition) is 2. The van der Waals surface area contributed by atoms with Gasteiger partial charge < -0.3 is 11.1 Å². The molecule has 1 amide bonds. The number of nitrogen functional groups attached to an aromatic ring is 1. The summed E-state index contributed by atoms with van der Waals surface area (Å²) < 4.78 is 23.1. The van der Waals surface area contributed by atoms with E-state index in [1.807, 2.05) is 6.07 Å². The molecule has 0 aromatic heterocycles. The Labute approximate surface area is 119 Å². The van der Waals surface area contributed by atoms with Crippen molar-refractivity contribution in [3.8, 4) is 0 Å². The topological polar surface area (TPSA) is 89.3 Å². The van der Waals surface area contributed by atoms with Crippen LogP contribution in [-0.2, 0) is 14.6 Å². The Hall–Kier alpha value is -1.56. The maximum Gasteiger partial charge on any atom is 0.227 e. The van der Waals surface area contributed by atoms with Gasteiger partial charge in [-0.2, -0.15) is 0 Å². The number of nitrogens with two attached hydrogens (primary N) is 1. The van der Waals surface area contributed by atoms with E-state index in [-0.39, 0.29) is 29.4 Å². The SMILES string of the molecule is CC(C(=O)NC1CCCS(=O)(=O)C1)c1cccc(N)c1. The molecule has 1 aliphatic heterocycles. The standard InChI is InChI=1S/C14H20N2O3S/c1-10(11-4-2-5-12(15)8-11)14(17)16-13-6-3-7-20(18,19)9-13/h2,4-5,8,10,13H,3,6-7,9,15H2,1H3,(H,16,17). The third-order valence-electron chi connectivity index (χ3n) is 3.61. The molecule has 0 aliphatic carbocycles. The van der Waals surface area contributed by atoms with Gasteiger partial charge in [0.15, 0.2) is 9.84 Å². The molecular formula is C14H20N2O3S. The van der Waals surface area contributed by atoms with Crippen molar-refractivity contribution in [3.63, 3.8) is 0 Å². The second kappa shape index (κ2) is 5.83. The van der Waals surface area contributed by atoms with Crippen molar-refractivity contribution in [2.45, 2.75) is 31.7 Å². The van der Waals surface area contributed by atoms with Gasteiger partial charge in [0.25, 0.3) is 0 Å². The van der Waals surface area contributed by atoms with Gasteiger partial charge in [0.2, 0.25) is 5.91 Å². The van der Waals surface area contributed by atoms with Gasteiger partial charge in [0.05, 0.1) is 17.4 Å². The maximum absolute atomic E-state index is 12.2. The Morgan fingerprint density at radius 2 is 2.20 bits per heavy atom. The quantitative estimate of drug-likeness (QED) is 0.816. The minimum absolute atomic E-state index is 0.0440. The van der Waals surface area contributed by atoms with Crippen molar-refractivity contribution in [3.05, 3.63) is 29.8 Å². The van der Waals surface area contributed by atoms with Crippen LogP contribution in [0.25, 0.3) is 0 Å². The van der Waals surface area contributed by atoms with Gasteiger partial charge >= 0.3 is 0 Å². The minimum atomic E-state index is -3.01. The first-order valence-corrected chi connectivity index (χ1v) is 8.56. The lowest BCUT2D eigenvalue weighted by atomic mass is 9.99. The highest BCUT2D eigenvalue weighted by atomic mass is 32.2. The zero-order valence-corrected chi connectivity index (χ0v) is 12.3. The average Bonchev–Trinajstić information content (AvgIpc) is 2.36. The molecule has 5 nitrogen and oxygen atoms in total. The summed E-state index contributed by atoms with van der Waals surface area (Å²) in [6.45, 7) is 1.79. The van der Waals surface area contributed by atoms with E-state index < -0.39 is 9.84 Å². The fraction of sp³-hybridized carbons (Fsp3) is 0.500. The van der Waals surface area contributed by atoms with Gasteiger partial charge in [-0.15, -0.1) is 0 Å². The van der Waals surface area contributed by atoms with Crippen LogP contribution in [0.1, 0.15) is 31.2 Å². The number of anilines is 1. The number of sulfone groups is 1. The summed E-state index contributed by atoms with van der Waals surface area (Å²) in [5.41, 5.74) is 7.15. The highest BCUT2D eigenvalue weighted by Crippen LogP contribution is 2.19. The van der Waals surface area contributed by atoms with E-state index in [9.17, 15) is 13.2 Å². The van der Waals surface area contributed by atoms with Crippen molar-refractivity contribution in [2.24, 2.45) is 0 Å². The van der Waals surface area contributed by atoms with Crippen molar-refractivity contribution >= 4 is 21.4 Å². The van der Waals surface area contributed by atoms with E-state index in [2.05, 4.69) is 5.32 Å². The number of rotatable bonds is 3. The molecule has 1 aromatic rings. The first-order valence-electron chi connectivity index (χ1n) is 6.73. The lowest BCUT2D eigenvalue weighted by molar-refractivity contribution is -0.122. The fourth-order valence-corrected chi connectivity index (χ4v) is 4.08. The molecule has 1 fully saturated rings. The number of benzene rings is 1. The normalized spacial score (nSPS) is 22.9. The zero-order valence-electron chi connectivity index (χ0n) is 11.5. The number of nitrogens with one attached hydrogen (secondary N) is 1. The molecule has 0 saturated carbocycles. The van der Waals surface area contributed by atoms with Gasteiger partial charge in [0, 0.05) is 11.7 Å². The van der Waals surface area contributed by atoms with E-state index in [4.69, 9.17) is 5.73 Å². The van der Waals surface area contributed by atoms with Crippen molar-refractivity contribution in [1.29, 1.82) is 0 Å². The Balaban J connectivity index is 2.01. The molecule has 1 aromatic carbocycles. The summed E-state index contributed by atoms with van der Waals surface area (Å²) in [6.07, 6.45) is 1.33. The number of carbonyl (C=O) groups is 1. The predicted octanol–water partition coefficient (Wildman–Crippen LogP) is 1.07. The molecule has 2 atom stereocenters. The fourth-order valence-electron chi connectivity index (χ4n) is 2.44. The van der Waals surface area contributed by atoms with Crippen molar-refractivity contribution < 1.29 is 13.2 Å². The van der Waals surface area contributed by atoms with E-state index in [0.29, 0.717) is 18.5 Å². The first kappa shape index (κ1) is 14.8. The molecular weight excluding hydrogens is 276 g/mol. The summed E-state index contributed by atoms with van der Waals surface area (Å²) in [4.78, 5) is 12.2. The van der Waals surface area contributed by atoms with Crippen LogP contribution in [0.3, 0.4) is 0 Å². The molecule has 1 aliphatic rings. The predicted molar refractivity (Wildman–Crippen MR) is 79.1 cm³/mol. The van der Waals surface area contributed by atoms with E-state index in [1.165, 1.54) is 0 Å². The molecule has 0 radical (unpaired) electrons. The van der Waals surface area contributed by atoms with E-state index >= 15 is 0 Å². The van der Waals surface area contributed by atoms with Gasteiger partial charge in [-0.3, -0.25) is 4.79 Å². The van der Waals surface area contributed by atoms with Gasteiger partial charge in [-0.05, 0) is 37.5 Å². The van der Waals surface area contributed by atoms with Crippen molar-refractivity contribution in [2.75, 3.05) is 17.2 Å². The molecule has 20 heavy (non-hydrogen) atoms.